The Hall–Kier alpha value is -4.13. The maximum absolute atomic E-state index is 12.4. The predicted molar refractivity (Wildman–Crippen MR) is 138 cm³/mol. The lowest BCUT2D eigenvalue weighted by Crippen LogP contribution is -2.39. The molecule has 2 saturated heterocycles. The number of amides is 3. The number of cyclic esters (lactones) is 1. The van der Waals surface area contributed by atoms with Gasteiger partial charge in [-0.15, -0.1) is 0 Å². The van der Waals surface area contributed by atoms with Crippen LogP contribution in [0.25, 0.3) is 11.1 Å². The van der Waals surface area contributed by atoms with E-state index >= 15 is 0 Å². The molecule has 0 spiro atoms. The zero-order valence-electron chi connectivity index (χ0n) is 21.9. The largest absolute Gasteiger partial charge is 0.444 e. The lowest BCUT2D eigenvalue weighted by Gasteiger charge is -2.27. The molecule has 1 aliphatic carbocycles. The maximum Gasteiger partial charge on any atom is 0.414 e. The van der Waals surface area contributed by atoms with E-state index in [2.05, 4.69) is 16.4 Å². The molecule has 1 aromatic heterocycles. The Morgan fingerprint density at radius 1 is 1.13 bits per heavy atom. The summed E-state index contributed by atoms with van der Waals surface area (Å²) in [7, 11) is 0. The molecule has 2 aromatic rings. The molecule has 10 heteroatoms. The summed E-state index contributed by atoms with van der Waals surface area (Å²) in [5, 5.41) is 12.7. The smallest absolute Gasteiger partial charge is 0.414 e. The first-order valence-corrected chi connectivity index (χ1v) is 12.7. The van der Waals surface area contributed by atoms with Crippen molar-refractivity contribution in [1.82, 2.24) is 15.2 Å². The van der Waals surface area contributed by atoms with Crippen molar-refractivity contribution in [3.63, 3.8) is 0 Å². The average Bonchev–Trinajstić information content (AvgIpc) is 3.15. The first-order chi connectivity index (χ1) is 18.0. The van der Waals surface area contributed by atoms with Crippen molar-refractivity contribution in [2.75, 3.05) is 31.1 Å². The number of ether oxygens (including phenoxy) is 2. The van der Waals surface area contributed by atoms with E-state index in [1.165, 1.54) is 6.92 Å². The summed E-state index contributed by atoms with van der Waals surface area (Å²) in [4.78, 5) is 43.7. The van der Waals surface area contributed by atoms with Gasteiger partial charge in [-0.25, -0.2) is 9.59 Å². The van der Waals surface area contributed by atoms with Gasteiger partial charge in [-0.1, -0.05) is 18.2 Å². The monoisotopic (exact) mass is 517 g/mol. The number of fused-ring (bicyclic) bond motifs is 1. The highest BCUT2D eigenvalue weighted by molar-refractivity contribution is 5.90. The summed E-state index contributed by atoms with van der Waals surface area (Å²) in [6.07, 6.45) is 0.583. The summed E-state index contributed by atoms with van der Waals surface area (Å²) in [5.74, 6) is -0.0727. The third-order valence-corrected chi connectivity index (χ3v) is 7.37. The number of piperidine rings is 1. The van der Waals surface area contributed by atoms with E-state index in [1.54, 1.807) is 16.0 Å². The Morgan fingerprint density at radius 3 is 2.34 bits per heavy atom. The molecule has 2 aliphatic heterocycles. The average molecular weight is 518 g/mol. The minimum Gasteiger partial charge on any atom is -0.444 e. The number of nitrogens with zero attached hydrogens (tertiary/aromatic N) is 4. The predicted octanol–water partition coefficient (Wildman–Crippen LogP) is 3.47. The first-order valence-electron chi connectivity index (χ1n) is 12.7. The van der Waals surface area contributed by atoms with E-state index in [1.807, 2.05) is 57.2 Å². The van der Waals surface area contributed by atoms with Crippen molar-refractivity contribution < 1.29 is 23.9 Å². The van der Waals surface area contributed by atoms with Crippen LogP contribution >= 0.6 is 0 Å². The molecule has 3 aliphatic rings. The number of hydrogen-bond donors (Lipinski definition) is 1. The van der Waals surface area contributed by atoms with Gasteiger partial charge in [0.15, 0.2) is 0 Å². The van der Waals surface area contributed by atoms with Crippen molar-refractivity contribution >= 4 is 23.8 Å². The first kappa shape index (κ1) is 25.5. The topological polar surface area (TPSA) is 125 Å². The molecule has 3 amide bonds. The Morgan fingerprint density at radius 2 is 1.79 bits per heavy atom. The molecule has 0 radical (unpaired) electrons. The fourth-order valence-electron chi connectivity index (χ4n) is 5.45. The minimum absolute atomic E-state index is 0.0485. The molecule has 5 rings (SSSR count). The third-order valence-electron chi connectivity index (χ3n) is 7.37. The second-order valence-corrected chi connectivity index (χ2v) is 11.1. The summed E-state index contributed by atoms with van der Waals surface area (Å²) in [6.45, 7) is 8.55. The highest BCUT2D eigenvalue weighted by atomic mass is 16.6. The summed E-state index contributed by atoms with van der Waals surface area (Å²) >= 11 is 0. The molecule has 4 atom stereocenters. The summed E-state index contributed by atoms with van der Waals surface area (Å²) < 4.78 is 10.8. The van der Waals surface area contributed by atoms with E-state index in [9.17, 15) is 19.6 Å². The van der Waals surface area contributed by atoms with E-state index in [4.69, 9.17) is 9.47 Å². The number of pyridine rings is 1. The van der Waals surface area contributed by atoms with Crippen LogP contribution < -0.4 is 10.2 Å². The molecule has 0 unspecified atom stereocenters. The molecule has 198 valence electrons. The van der Waals surface area contributed by atoms with Crippen LogP contribution in [-0.2, 0) is 19.7 Å². The fraction of sp³-hybridized carbons (Fsp3) is 0.464. The molecule has 3 heterocycles. The number of aromatic nitrogens is 1. The number of carbonyl (C=O) groups excluding carboxylic acids is 3. The van der Waals surface area contributed by atoms with Crippen LogP contribution in [0, 0.1) is 23.2 Å². The Kier molecular flexibility index (Phi) is 6.25. The molecule has 1 aromatic carbocycles. The highest BCUT2D eigenvalue weighted by Crippen LogP contribution is 2.62. The van der Waals surface area contributed by atoms with Gasteiger partial charge in [-0.05, 0) is 44.5 Å². The van der Waals surface area contributed by atoms with E-state index in [0.717, 1.165) is 16.8 Å². The molecule has 1 saturated carbocycles. The molecule has 1 N–H and O–H groups in total. The second-order valence-electron chi connectivity index (χ2n) is 11.1. The van der Waals surface area contributed by atoms with Crippen molar-refractivity contribution in [2.45, 2.75) is 44.8 Å². The number of nitrogens with one attached hydrogen (secondary N) is 1. The number of rotatable bonds is 5. The van der Waals surface area contributed by atoms with Gasteiger partial charge >= 0.3 is 12.2 Å². The third kappa shape index (κ3) is 4.64. The number of hydrogen-bond acceptors (Lipinski definition) is 7. The zero-order valence-corrected chi connectivity index (χ0v) is 21.9. The number of benzene rings is 1. The van der Waals surface area contributed by atoms with Gasteiger partial charge in [0.05, 0.1) is 24.9 Å². The summed E-state index contributed by atoms with van der Waals surface area (Å²) in [5.41, 5.74) is 2.02. The zero-order chi connectivity index (χ0) is 27.2. The van der Waals surface area contributed by atoms with Gasteiger partial charge in [0.25, 0.3) is 0 Å². The quantitative estimate of drug-likeness (QED) is 0.644. The van der Waals surface area contributed by atoms with E-state index < -0.39 is 23.2 Å². The highest BCUT2D eigenvalue weighted by Gasteiger charge is 2.71. The lowest BCUT2D eigenvalue weighted by atomic mass is 9.95. The van der Waals surface area contributed by atoms with Crippen LogP contribution in [0.3, 0.4) is 0 Å². The van der Waals surface area contributed by atoms with Crippen LogP contribution in [0.2, 0.25) is 0 Å². The van der Waals surface area contributed by atoms with Crippen molar-refractivity contribution in [3.05, 3.63) is 48.3 Å². The molecule has 3 fully saturated rings. The number of nitriles is 1. The molecule has 0 bridgehead atoms. The van der Waals surface area contributed by atoms with Crippen LogP contribution in [-0.4, -0.2) is 65.9 Å². The SMILES string of the molecule is CC(=O)NC[C@H]1CN(c2ccc(-c3ccc([C@@]4(C#N)[C@@H]5CN(C(=O)OC(C)(C)C)C[C@@H]54)nc3)cc2)C(=O)O1. The fourth-order valence-corrected chi connectivity index (χ4v) is 5.45. The van der Waals surface area contributed by atoms with Gasteiger partial charge in [0.1, 0.15) is 17.1 Å². The van der Waals surface area contributed by atoms with Crippen molar-refractivity contribution in [3.8, 4) is 17.2 Å². The molecule has 38 heavy (non-hydrogen) atoms. The summed E-state index contributed by atoms with van der Waals surface area (Å²) in [6, 6.07) is 13.8. The molecular formula is C28H31N5O5. The van der Waals surface area contributed by atoms with Crippen LogP contribution in [0.5, 0.6) is 0 Å². The Bertz CT molecular complexity index is 1280. The van der Waals surface area contributed by atoms with Gasteiger partial charge in [-0.3, -0.25) is 14.7 Å². The Labute approximate surface area is 221 Å². The van der Waals surface area contributed by atoms with Crippen LogP contribution in [0.4, 0.5) is 15.3 Å². The number of anilines is 1. The second kappa shape index (κ2) is 9.31. The standard InChI is InChI=1S/C28H31N5O5/c1-17(34)30-12-21-13-33(26(36)37-21)20-8-5-18(6-9-20)19-7-10-24(31-11-19)28(16-29)22-14-32(15-23(22)28)25(35)38-27(2,3)4/h5-11,21-23H,12-15H2,1-4H3,(H,30,34)/t21-,22-,23+,28+/m0/s1. The minimum atomic E-state index is -0.676. The maximum atomic E-state index is 12.4. The number of likely N-dealkylation sites (tertiary alicyclic amines) is 1. The van der Waals surface area contributed by atoms with Gasteiger partial charge < -0.3 is 19.7 Å². The van der Waals surface area contributed by atoms with E-state index in [-0.39, 0.29) is 30.4 Å². The van der Waals surface area contributed by atoms with Crippen LogP contribution in [0.1, 0.15) is 33.4 Å². The molecule has 10 nitrogen and oxygen atoms in total. The van der Waals surface area contributed by atoms with Gasteiger partial charge in [0, 0.05) is 49.3 Å². The lowest BCUT2D eigenvalue weighted by molar-refractivity contribution is -0.119. The normalized spacial score (nSPS) is 25.9. The van der Waals surface area contributed by atoms with Crippen molar-refractivity contribution in [1.29, 1.82) is 5.26 Å². The molecular weight excluding hydrogens is 486 g/mol. The van der Waals surface area contributed by atoms with Crippen molar-refractivity contribution in [2.24, 2.45) is 11.8 Å². The van der Waals surface area contributed by atoms with Gasteiger partial charge in [0.2, 0.25) is 5.91 Å². The Balaban J connectivity index is 1.23. The number of carbonyl (C=O) groups is 3. The van der Waals surface area contributed by atoms with Crippen LogP contribution in [0.15, 0.2) is 42.6 Å². The van der Waals surface area contributed by atoms with Gasteiger partial charge in [-0.2, -0.15) is 5.26 Å². The van der Waals surface area contributed by atoms with E-state index in [0.29, 0.717) is 25.3 Å².